The number of nitrogens with two attached hydrogens (primary N) is 1. The van der Waals surface area contributed by atoms with Gasteiger partial charge in [0, 0.05) is 11.5 Å². The first-order valence-electron chi connectivity index (χ1n) is 15.6. The van der Waals surface area contributed by atoms with E-state index in [1.54, 1.807) is 6.92 Å². The summed E-state index contributed by atoms with van der Waals surface area (Å²) in [5.41, 5.74) is 3.62. The van der Waals surface area contributed by atoms with Crippen LogP contribution in [0.1, 0.15) is 56.1 Å². The van der Waals surface area contributed by atoms with E-state index in [1.807, 2.05) is 0 Å². The van der Waals surface area contributed by atoms with Crippen molar-refractivity contribution in [2.45, 2.75) is 68.8 Å². The summed E-state index contributed by atoms with van der Waals surface area (Å²) in [6.45, 7) is 1.42. The monoisotopic (exact) mass is 640 g/mol. The number of phenols is 1. The number of anilines is 1. The zero-order chi connectivity index (χ0) is 33.4. The van der Waals surface area contributed by atoms with Crippen molar-refractivity contribution in [3.8, 4) is 5.75 Å². The average molecular weight is 641 g/mol. The molecule has 248 valence electrons. The highest BCUT2D eigenvalue weighted by Gasteiger charge is 2.68. The fourth-order valence-corrected chi connectivity index (χ4v) is 8.59. The van der Waals surface area contributed by atoms with Gasteiger partial charge in [0.05, 0.1) is 35.4 Å². The zero-order valence-electron chi connectivity index (χ0n) is 25.8. The number of hydrogen-bond acceptors (Lipinski definition) is 12. The Labute approximate surface area is 264 Å². The molecule has 0 spiro atoms. The number of aromatic hydroxyl groups is 1. The molecule has 7 atom stereocenters. The third-order valence-electron chi connectivity index (χ3n) is 10.9. The Kier molecular flexibility index (Phi) is 8.00. The van der Waals surface area contributed by atoms with Gasteiger partial charge < -0.3 is 36.6 Å². The Morgan fingerprint density at radius 2 is 1.78 bits per heavy atom. The summed E-state index contributed by atoms with van der Waals surface area (Å²) in [4.78, 5) is 59.5. The van der Waals surface area contributed by atoms with Crippen LogP contribution in [-0.4, -0.2) is 98.3 Å². The number of aliphatic hydroxyl groups excluding tert-OH is 3. The van der Waals surface area contributed by atoms with Crippen molar-refractivity contribution in [1.29, 1.82) is 0 Å². The molecule has 1 aromatic carbocycles. The molecule has 4 fully saturated rings. The summed E-state index contributed by atoms with van der Waals surface area (Å²) in [6.07, 6.45) is 3.93. The summed E-state index contributed by atoms with van der Waals surface area (Å²) < 4.78 is 0. The summed E-state index contributed by atoms with van der Waals surface area (Å²) >= 11 is 0. The summed E-state index contributed by atoms with van der Waals surface area (Å²) in [6, 6.07) is 1.52. The van der Waals surface area contributed by atoms with Gasteiger partial charge in [0.15, 0.2) is 11.4 Å². The number of Topliss-reactive ketones (excluding diaryl/α,β-unsaturated/α-hetero) is 2. The molecule has 6 aliphatic rings. The Hall–Kier alpha value is -3.82. The van der Waals surface area contributed by atoms with Crippen molar-refractivity contribution in [3.63, 3.8) is 0 Å². The predicted molar refractivity (Wildman–Crippen MR) is 162 cm³/mol. The SMILES string of the molecule is CC1c2ccc(NC(=O)CNOC3CC4CCC3CC4)c(O)c2C(O)=C2C(=O)C3(O)C(O)=C(C(N)=O)C(=O)[C@@H](N(C)C)C3C(O)C21. The van der Waals surface area contributed by atoms with Crippen LogP contribution in [0.2, 0.25) is 0 Å². The van der Waals surface area contributed by atoms with Crippen molar-refractivity contribution in [2.24, 2.45) is 29.4 Å². The number of hydrogen-bond donors (Lipinski definition) is 8. The van der Waals surface area contributed by atoms with Gasteiger partial charge in [-0.2, -0.15) is 5.48 Å². The Morgan fingerprint density at radius 1 is 1.11 bits per heavy atom. The summed E-state index contributed by atoms with van der Waals surface area (Å²) in [7, 11) is 2.89. The fourth-order valence-electron chi connectivity index (χ4n) is 8.59. The first-order valence-corrected chi connectivity index (χ1v) is 15.6. The molecular weight excluding hydrogens is 600 g/mol. The van der Waals surface area contributed by atoms with Crippen LogP contribution in [0.3, 0.4) is 0 Å². The van der Waals surface area contributed by atoms with E-state index in [0.29, 0.717) is 17.4 Å². The van der Waals surface area contributed by atoms with Crippen LogP contribution >= 0.6 is 0 Å². The number of likely N-dealkylation sites (N-methyl/N-ethyl adjacent to an activating group) is 1. The van der Waals surface area contributed by atoms with Crippen LogP contribution in [0.25, 0.3) is 5.76 Å². The molecule has 46 heavy (non-hydrogen) atoms. The third-order valence-corrected chi connectivity index (χ3v) is 10.9. The van der Waals surface area contributed by atoms with Gasteiger partial charge in [-0.1, -0.05) is 13.0 Å². The number of carbonyl (C=O) groups excluding carboxylic acids is 4. The molecule has 14 heteroatoms. The number of fused-ring (bicyclic) bond motifs is 6. The van der Waals surface area contributed by atoms with E-state index < -0.39 is 87.3 Å². The van der Waals surface area contributed by atoms with Crippen molar-refractivity contribution in [3.05, 3.63) is 40.2 Å². The van der Waals surface area contributed by atoms with Gasteiger partial charge in [-0.3, -0.25) is 28.9 Å². The minimum Gasteiger partial charge on any atom is -0.508 e. The highest BCUT2D eigenvalue weighted by atomic mass is 16.7. The van der Waals surface area contributed by atoms with E-state index in [-0.39, 0.29) is 23.9 Å². The molecule has 4 saturated carbocycles. The topological polar surface area (TPSA) is 232 Å². The van der Waals surface area contributed by atoms with E-state index in [9.17, 15) is 44.7 Å². The number of amides is 2. The fraction of sp³-hybridized carbons (Fsp3) is 0.562. The summed E-state index contributed by atoms with van der Waals surface area (Å²) in [5.74, 6) is -9.29. The van der Waals surface area contributed by atoms with Gasteiger partial charge >= 0.3 is 0 Å². The lowest BCUT2D eigenvalue weighted by atomic mass is 9.54. The van der Waals surface area contributed by atoms with Gasteiger partial charge in [-0.05, 0) is 75.6 Å². The maximum absolute atomic E-state index is 14.1. The molecule has 1 aromatic rings. The number of aliphatic hydroxyl groups is 4. The molecular formula is C32H40N4O10. The maximum atomic E-state index is 14.1. The number of primary amides is 1. The number of rotatable bonds is 7. The number of ketones is 2. The third kappa shape index (κ3) is 4.65. The molecule has 2 bridgehead atoms. The highest BCUT2D eigenvalue weighted by molar-refractivity contribution is 6.24. The zero-order valence-corrected chi connectivity index (χ0v) is 25.8. The highest BCUT2D eigenvalue weighted by Crippen LogP contribution is 2.56. The molecule has 0 aliphatic heterocycles. The number of nitrogens with zero attached hydrogens (tertiary/aromatic N) is 1. The van der Waals surface area contributed by atoms with Crippen molar-refractivity contribution >= 4 is 34.8 Å². The molecule has 0 radical (unpaired) electrons. The second kappa shape index (κ2) is 11.5. The van der Waals surface area contributed by atoms with Crippen molar-refractivity contribution in [2.75, 3.05) is 26.0 Å². The molecule has 0 heterocycles. The van der Waals surface area contributed by atoms with Crippen LogP contribution in [0.4, 0.5) is 5.69 Å². The molecule has 0 saturated heterocycles. The molecule has 6 unspecified atom stereocenters. The average Bonchev–Trinajstić information content (AvgIpc) is 3.00. The molecule has 9 N–H and O–H groups in total. The van der Waals surface area contributed by atoms with E-state index in [0.717, 1.165) is 19.3 Å². The second-order valence-electron chi connectivity index (χ2n) is 13.5. The Morgan fingerprint density at radius 3 is 2.37 bits per heavy atom. The number of benzene rings is 1. The van der Waals surface area contributed by atoms with Gasteiger partial charge in [-0.15, -0.1) is 0 Å². The standard InChI is InChI=1S/C32H40N4O10/c1-12-15-8-9-16(35-18(37)11-34-46-17-10-13-4-6-14(17)7-5-13)25(38)20(15)26(39)21-19(12)27(40)23-24(36(2)3)28(41)22(31(33)44)30(43)32(23,45)29(21)42/h8-9,12-14,17,19,23-24,27,34,38-40,43,45H,4-7,10-11H2,1-3H3,(H2,33,44)(H,35,37)/t12?,13?,14?,17?,19?,23?,24-,27?,32?/m0/s1. The number of hydroxylamine groups is 1. The van der Waals surface area contributed by atoms with E-state index in [1.165, 1.54) is 44.0 Å². The second-order valence-corrected chi connectivity index (χ2v) is 13.5. The lowest BCUT2D eigenvalue weighted by molar-refractivity contribution is -0.169. The van der Waals surface area contributed by atoms with Crippen LogP contribution in [0.5, 0.6) is 5.75 Å². The number of carbonyl (C=O) groups is 4. The van der Waals surface area contributed by atoms with E-state index >= 15 is 0 Å². The smallest absolute Gasteiger partial charge is 0.255 e. The normalized spacial score (nSPS) is 35.2. The lowest BCUT2D eigenvalue weighted by Gasteiger charge is -2.53. The summed E-state index contributed by atoms with van der Waals surface area (Å²) in [5, 5.41) is 59.9. The quantitative estimate of drug-likeness (QED) is 0.116. The van der Waals surface area contributed by atoms with Gasteiger partial charge in [0.1, 0.15) is 29.4 Å². The molecule has 14 nitrogen and oxygen atoms in total. The van der Waals surface area contributed by atoms with Crippen LogP contribution < -0.4 is 16.5 Å². The van der Waals surface area contributed by atoms with Crippen molar-refractivity contribution < 1.29 is 49.5 Å². The molecule has 0 aromatic heterocycles. The first-order chi connectivity index (χ1) is 21.7. The Bertz CT molecular complexity index is 1580. The largest absolute Gasteiger partial charge is 0.508 e. The number of phenolic OH excluding ortho intramolecular Hbond substituents is 1. The minimum absolute atomic E-state index is 0.0388. The maximum Gasteiger partial charge on any atom is 0.255 e. The van der Waals surface area contributed by atoms with Crippen LogP contribution in [0, 0.1) is 23.7 Å². The van der Waals surface area contributed by atoms with Gasteiger partial charge in [0.25, 0.3) is 5.91 Å². The Balaban J connectivity index is 1.31. The molecule has 6 aliphatic carbocycles. The molecule has 2 amide bonds. The number of nitrogens with one attached hydrogen (secondary N) is 2. The van der Waals surface area contributed by atoms with Gasteiger partial charge in [0.2, 0.25) is 11.7 Å². The lowest BCUT2D eigenvalue weighted by Crippen LogP contribution is -2.70. The first kappa shape index (κ1) is 32.1. The van der Waals surface area contributed by atoms with E-state index in [2.05, 4.69) is 10.8 Å². The molecule has 7 rings (SSSR count). The van der Waals surface area contributed by atoms with Crippen LogP contribution in [-0.2, 0) is 24.0 Å². The predicted octanol–water partition coefficient (Wildman–Crippen LogP) is 0.534. The van der Waals surface area contributed by atoms with Gasteiger partial charge in [-0.25, -0.2) is 0 Å². The van der Waals surface area contributed by atoms with Crippen molar-refractivity contribution in [1.82, 2.24) is 10.4 Å². The van der Waals surface area contributed by atoms with E-state index in [4.69, 9.17) is 10.6 Å². The van der Waals surface area contributed by atoms with Crippen LogP contribution in [0.15, 0.2) is 29.0 Å². The minimum atomic E-state index is -3.01.